The van der Waals surface area contributed by atoms with Gasteiger partial charge < -0.3 is 19.1 Å². The zero-order chi connectivity index (χ0) is 26.1. The molecule has 36 heavy (non-hydrogen) atoms. The number of aryl methyl sites for hydroxylation is 1. The van der Waals surface area contributed by atoms with Gasteiger partial charge in [0.25, 0.3) is 5.56 Å². The minimum absolute atomic E-state index is 0.103. The number of carbonyl (C=O) groups excluding carboxylic acids is 2. The van der Waals surface area contributed by atoms with Crippen LogP contribution in [0.15, 0.2) is 59.4 Å². The molecular weight excluding hydrogens is 462 g/mol. The number of aromatic hydroxyl groups is 1. The molecule has 0 spiro atoms. The molecule has 0 bridgehead atoms. The van der Waals surface area contributed by atoms with Crippen molar-refractivity contribution in [3.8, 4) is 22.9 Å². The van der Waals surface area contributed by atoms with Crippen molar-refractivity contribution in [1.29, 1.82) is 0 Å². The van der Waals surface area contributed by atoms with Crippen LogP contribution < -0.4 is 10.3 Å². The first-order chi connectivity index (χ1) is 17.1. The molecule has 0 unspecified atom stereocenters. The number of phenolic OH excluding ortho intramolecular Hbond substituents is 1. The van der Waals surface area contributed by atoms with E-state index in [0.29, 0.717) is 28.4 Å². The molecule has 0 atom stereocenters. The van der Waals surface area contributed by atoms with Crippen LogP contribution in [-0.2, 0) is 11.8 Å². The lowest BCUT2D eigenvalue weighted by molar-refractivity contribution is 0.0471. The van der Waals surface area contributed by atoms with Gasteiger partial charge in [-0.3, -0.25) is 14.3 Å². The average molecular weight is 490 g/mol. The SMILES string of the molecule is COc1ccc(O)c(C(=O)OCC(=O)c2cc(C)n(-c3c(C)n(C)n(-c4ccccc4)c3=O)c2C)c1. The summed E-state index contributed by atoms with van der Waals surface area (Å²) in [5.74, 6) is -1.19. The van der Waals surface area contributed by atoms with E-state index in [0.717, 1.165) is 11.4 Å². The molecule has 2 aromatic carbocycles. The number of benzene rings is 2. The van der Waals surface area contributed by atoms with Gasteiger partial charge in [0.1, 0.15) is 22.7 Å². The van der Waals surface area contributed by atoms with Crippen molar-refractivity contribution < 1.29 is 24.2 Å². The van der Waals surface area contributed by atoms with Crippen LogP contribution in [0, 0.1) is 20.8 Å². The maximum Gasteiger partial charge on any atom is 0.342 e. The number of Topliss-reactive ketones (excluding diaryl/α,β-unsaturated/α-hetero) is 1. The Morgan fingerprint density at radius 3 is 2.31 bits per heavy atom. The maximum atomic E-state index is 13.5. The Kier molecular flexibility index (Phi) is 6.57. The third-order valence-corrected chi connectivity index (χ3v) is 6.24. The third kappa shape index (κ3) is 4.19. The lowest BCUT2D eigenvalue weighted by Crippen LogP contribution is -2.22. The molecule has 0 amide bonds. The van der Waals surface area contributed by atoms with E-state index in [-0.39, 0.29) is 16.9 Å². The van der Waals surface area contributed by atoms with E-state index in [9.17, 15) is 19.5 Å². The van der Waals surface area contributed by atoms with Crippen LogP contribution in [0.5, 0.6) is 11.5 Å². The van der Waals surface area contributed by atoms with Gasteiger partial charge in [-0.2, -0.15) is 0 Å². The molecule has 0 fully saturated rings. The van der Waals surface area contributed by atoms with Crippen LogP contribution in [-0.4, -0.2) is 44.5 Å². The van der Waals surface area contributed by atoms with Gasteiger partial charge in [-0.1, -0.05) is 18.2 Å². The van der Waals surface area contributed by atoms with Crippen molar-refractivity contribution >= 4 is 11.8 Å². The molecule has 9 heteroatoms. The van der Waals surface area contributed by atoms with Crippen molar-refractivity contribution in [1.82, 2.24) is 13.9 Å². The molecule has 0 aliphatic heterocycles. The quantitative estimate of drug-likeness (QED) is 0.314. The number of hydrogen-bond acceptors (Lipinski definition) is 6. The predicted molar refractivity (Wildman–Crippen MR) is 134 cm³/mol. The molecule has 0 radical (unpaired) electrons. The number of nitrogens with zero attached hydrogens (tertiary/aromatic N) is 3. The summed E-state index contributed by atoms with van der Waals surface area (Å²) in [5.41, 5.74) is 3.16. The van der Waals surface area contributed by atoms with Crippen LogP contribution in [0.4, 0.5) is 0 Å². The van der Waals surface area contributed by atoms with Crippen molar-refractivity contribution in [3.63, 3.8) is 0 Å². The summed E-state index contributed by atoms with van der Waals surface area (Å²) in [6, 6.07) is 15.1. The summed E-state index contributed by atoms with van der Waals surface area (Å²) in [6.07, 6.45) is 0. The Balaban J connectivity index is 1.64. The largest absolute Gasteiger partial charge is 0.507 e. The van der Waals surface area contributed by atoms with Crippen LogP contribution in [0.3, 0.4) is 0 Å². The molecule has 0 saturated heterocycles. The number of aromatic nitrogens is 3. The zero-order valence-electron chi connectivity index (χ0n) is 20.7. The molecule has 0 aliphatic carbocycles. The monoisotopic (exact) mass is 489 g/mol. The molecule has 4 aromatic rings. The average Bonchev–Trinajstić information content (AvgIpc) is 3.28. The van der Waals surface area contributed by atoms with E-state index in [2.05, 4.69) is 0 Å². The Bertz CT molecular complexity index is 1530. The summed E-state index contributed by atoms with van der Waals surface area (Å²) in [4.78, 5) is 39.0. The molecule has 9 nitrogen and oxygen atoms in total. The first-order valence-electron chi connectivity index (χ1n) is 11.3. The highest BCUT2D eigenvalue weighted by atomic mass is 16.5. The maximum absolute atomic E-state index is 13.5. The van der Waals surface area contributed by atoms with E-state index >= 15 is 0 Å². The smallest absolute Gasteiger partial charge is 0.342 e. The topological polar surface area (TPSA) is 105 Å². The van der Waals surface area contributed by atoms with Gasteiger partial charge in [-0.25, -0.2) is 9.48 Å². The number of rotatable bonds is 7. The van der Waals surface area contributed by atoms with Crippen molar-refractivity contribution in [2.24, 2.45) is 7.05 Å². The summed E-state index contributed by atoms with van der Waals surface area (Å²) in [5, 5.41) is 9.97. The van der Waals surface area contributed by atoms with E-state index in [4.69, 9.17) is 9.47 Å². The number of ketones is 1. The fraction of sp³-hybridized carbons (Fsp3) is 0.222. The van der Waals surface area contributed by atoms with Crippen LogP contribution in [0.1, 0.15) is 37.8 Å². The van der Waals surface area contributed by atoms with E-state index in [1.165, 1.54) is 25.3 Å². The van der Waals surface area contributed by atoms with Gasteiger partial charge >= 0.3 is 5.97 Å². The van der Waals surface area contributed by atoms with Gasteiger partial charge in [-0.15, -0.1) is 0 Å². The fourth-order valence-corrected chi connectivity index (χ4v) is 4.29. The highest BCUT2D eigenvalue weighted by molar-refractivity contribution is 6.01. The van der Waals surface area contributed by atoms with E-state index in [1.54, 1.807) is 34.0 Å². The lowest BCUT2D eigenvalue weighted by atomic mass is 10.1. The first kappa shape index (κ1) is 24.6. The molecule has 1 N–H and O–H groups in total. The summed E-state index contributed by atoms with van der Waals surface area (Å²) in [6.45, 7) is 4.87. The number of carbonyl (C=O) groups is 2. The highest BCUT2D eigenvalue weighted by Crippen LogP contribution is 2.25. The van der Waals surface area contributed by atoms with Gasteiger partial charge in [0.15, 0.2) is 6.61 Å². The van der Waals surface area contributed by atoms with Gasteiger partial charge in [0, 0.05) is 24.0 Å². The number of methoxy groups -OCH3 is 1. The molecule has 2 aromatic heterocycles. The number of esters is 1. The van der Waals surface area contributed by atoms with Crippen LogP contribution in [0.25, 0.3) is 11.4 Å². The standard InChI is InChI=1S/C27H27N3O6/c1-16-13-21(24(32)15-36-27(34)22-14-20(35-5)11-12-23(22)31)17(2)29(16)25-18(3)28(4)30(26(25)33)19-9-7-6-8-10-19/h6-14,31H,15H2,1-5H3. The van der Waals surface area contributed by atoms with Crippen LogP contribution in [0.2, 0.25) is 0 Å². The predicted octanol–water partition coefficient (Wildman–Crippen LogP) is 3.65. The Labute approximate surface area is 207 Å². The summed E-state index contributed by atoms with van der Waals surface area (Å²) in [7, 11) is 3.24. The molecular formula is C27H27N3O6. The van der Waals surface area contributed by atoms with Crippen molar-refractivity contribution in [3.05, 3.63) is 93.2 Å². The van der Waals surface area contributed by atoms with Crippen molar-refractivity contribution in [2.75, 3.05) is 13.7 Å². The summed E-state index contributed by atoms with van der Waals surface area (Å²) < 4.78 is 15.3. The van der Waals surface area contributed by atoms with Crippen molar-refractivity contribution in [2.45, 2.75) is 20.8 Å². The Hall–Kier alpha value is -4.53. The lowest BCUT2D eigenvalue weighted by Gasteiger charge is -2.09. The number of phenols is 1. The Morgan fingerprint density at radius 1 is 0.944 bits per heavy atom. The number of ether oxygens (including phenoxy) is 2. The minimum Gasteiger partial charge on any atom is -0.507 e. The fourth-order valence-electron chi connectivity index (χ4n) is 4.29. The first-order valence-corrected chi connectivity index (χ1v) is 11.3. The second-order valence-corrected chi connectivity index (χ2v) is 8.41. The van der Waals surface area contributed by atoms with Gasteiger partial charge in [0.05, 0.1) is 18.5 Å². The van der Waals surface area contributed by atoms with Gasteiger partial charge in [0.2, 0.25) is 5.78 Å². The Morgan fingerprint density at radius 2 is 1.64 bits per heavy atom. The molecule has 0 aliphatic rings. The molecule has 186 valence electrons. The van der Waals surface area contributed by atoms with Crippen LogP contribution >= 0.6 is 0 Å². The second-order valence-electron chi connectivity index (χ2n) is 8.41. The third-order valence-electron chi connectivity index (χ3n) is 6.24. The minimum atomic E-state index is -0.849. The normalized spacial score (nSPS) is 10.9. The van der Waals surface area contributed by atoms with E-state index < -0.39 is 18.4 Å². The number of para-hydroxylation sites is 1. The van der Waals surface area contributed by atoms with Gasteiger partial charge in [-0.05, 0) is 57.2 Å². The molecule has 0 saturated carbocycles. The molecule has 2 heterocycles. The molecule has 4 rings (SSSR count). The summed E-state index contributed by atoms with van der Waals surface area (Å²) >= 11 is 0. The van der Waals surface area contributed by atoms with E-state index in [1.807, 2.05) is 44.2 Å². The second kappa shape index (κ2) is 9.61. The zero-order valence-corrected chi connectivity index (χ0v) is 20.7. The highest BCUT2D eigenvalue weighted by Gasteiger charge is 2.24. The number of hydrogen-bond donors (Lipinski definition) is 1.